The molecule has 0 saturated heterocycles. The van der Waals surface area contributed by atoms with Gasteiger partial charge in [0.05, 0.1) is 58.4 Å². The molecule has 4 atom stereocenters. The number of Topliss-reactive ketones (excluding diaryl/α,β-unsaturated/α-hetero) is 1. The number of pyridine rings is 1. The second-order valence-electron chi connectivity index (χ2n) is 22.3. The van der Waals surface area contributed by atoms with Crippen molar-refractivity contribution in [3.8, 4) is 43.4 Å². The maximum Gasteiger partial charge on any atom is 0.335 e. The van der Waals surface area contributed by atoms with Crippen molar-refractivity contribution < 1.29 is 58.4 Å². The summed E-state index contributed by atoms with van der Waals surface area (Å²) in [5, 5.41) is 51.6. The van der Waals surface area contributed by atoms with Gasteiger partial charge in [0.2, 0.25) is 17.7 Å². The minimum atomic E-state index is -1.31. The molecule has 1 aliphatic heterocycles. The lowest BCUT2D eigenvalue weighted by Crippen LogP contribution is -2.40. The fourth-order valence-electron chi connectivity index (χ4n) is 10.8. The zero-order chi connectivity index (χ0) is 65.8. The number of aliphatic hydroxyl groups is 1. The Balaban J connectivity index is 0.995. The number of aromatic carboxylic acids is 1. The molecule has 1 saturated carbocycles. The van der Waals surface area contributed by atoms with Crippen LogP contribution in [0.1, 0.15) is 149 Å². The number of carbonyl (C=O) groups excluding carboxylic acids is 6. The van der Waals surface area contributed by atoms with E-state index < -0.39 is 78.1 Å². The van der Waals surface area contributed by atoms with Crippen LogP contribution in [0.2, 0.25) is 0 Å². The van der Waals surface area contributed by atoms with Crippen molar-refractivity contribution in [1.29, 1.82) is 0 Å². The number of ketones is 1. The van der Waals surface area contributed by atoms with Gasteiger partial charge in [-0.1, -0.05) is 44.2 Å². The monoisotopic (exact) mass is 1370 g/mol. The Kier molecular flexibility index (Phi) is 20.2. The molecule has 24 nitrogen and oxygen atoms in total. The number of thiazole rings is 6. The number of rotatable bonds is 13. The molecular weight excluding hydrogens is 1310 g/mol. The van der Waals surface area contributed by atoms with E-state index in [0.717, 1.165) is 22.7 Å². The van der Waals surface area contributed by atoms with Crippen LogP contribution in [0.25, 0.3) is 43.4 Å². The first-order chi connectivity index (χ1) is 44.7. The van der Waals surface area contributed by atoms with Crippen molar-refractivity contribution >= 4 is 127 Å². The highest BCUT2D eigenvalue weighted by atomic mass is 32.1. The molecule has 2 aliphatic rings. The number of methoxy groups -OCH3 is 1. The molecule has 8 heterocycles. The summed E-state index contributed by atoms with van der Waals surface area (Å²) in [6, 6.07) is 15.9. The summed E-state index contributed by atoms with van der Waals surface area (Å²) < 4.78 is 5.48. The van der Waals surface area contributed by atoms with Gasteiger partial charge in [-0.25, -0.2) is 39.7 Å². The number of aryl methyl sites for hydroxylation is 1. The van der Waals surface area contributed by atoms with E-state index in [9.17, 15) is 53.7 Å². The van der Waals surface area contributed by atoms with Gasteiger partial charge in [0.25, 0.3) is 11.8 Å². The zero-order valence-corrected chi connectivity index (χ0v) is 55.3. The summed E-state index contributed by atoms with van der Waals surface area (Å²) >= 11 is 7.13. The number of carboxylic acids is 2. The van der Waals surface area contributed by atoms with Crippen LogP contribution in [0.15, 0.2) is 88.3 Å². The molecule has 1 aliphatic carbocycles. The highest BCUT2D eigenvalue weighted by Crippen LogP contribution is 2.43. The van der Waals surface area contributed by atoms with Crippen molar-refractivity contribution in [3.05, 3.63) is 141 Å². The lowest BCUT2D eigenvalue weighted by atomic mass is 9.81. The van der Waals surface area contributed by atoms with Gasteiger partial charge in [-0.05, 0) is 80.5 Å². The van der Waals surface area contributed by atoms with Crippen LogP contribution in [0.5, 0.6) is 0 Å². The second kappa shape index (κ2) is 28.6. The van der Waals surface area contributed by atoms with E-state index >= 15 is 0 Å². The number of amides is 5. The smallest absolute Gasteiger partial charge is 0.335 e. The molecule has 0 radical (unpaired) electrons. The minimum absolute atomic E-state index is 0.0000452. The van der Waals surface area contributed by atoms with Crippen LogP contribution in [-0.4, -0.2) is 118 Å². The lowest BCUT2D eigenvalue weighted by molar-refractivity contribution is -0.144. The molecule has 2 aromatic carbocycles. The Bertz CT molecular complexity index is 4300. The number of carboxylic acid groups (broad SMARTS) is 2. The molecule has 5 amide bonds. The van der Waals surface area contributed by atoms with Gasteiger partial charge >= 0.3 is 11.9 Å². The molecule has 480 valence electrons. The van der Waals surface area contributed by atoms with E-state index in [0.29, 0.717) is 105 Å². The largest absolute Gasteiger partial charge is 0.481 e. The Hall–Kier alpha value is -8.75. The number of anilines is 2. The molecule has 93 heavy (non-hydrogen) atoms. The van der Waals surface area contributed by atoms with E-state index in [4.69, 9.17) is 39.6 Å². The fourth-order valence-corrected chi connectivity index (χ4v) is 16.4. The molecule has 30 heteroatoms. The van der Waals surface area contributed by atoms with Gasteiger partial charge in [-0.3, -0.25) is 38.5 Å². The van der Waals surface area contributed by atoms with Crippen LogP contribution < -0.4 is 26.2 Å². The van der Waals surface area contributed by atoms with Crippen LogP contribution >= 0.6 is 68.0 Å². The van der Waals surface area contributed by atoms with E-state index in [1.165, 1.54) is 88.7 Å². The summed E-state index contributed by atoms with van der Waals surface area (Å²) in [6.45, 7) is 5.10. The molecule has 9 aromatic rings. The van der Waals surface area contributed by atoms with Crippen LogP contribution in [-0.2, 0) is 30.5 Å². The highest BCUT2D eigenvalue weighted by molar-refractivity contribution is 7.15. The van der Waals surface area contributed by atoms with Gasteiger partial charge < -0.3 is 41.3 Å². The first-order valence-corrected chi connectivity index (χ1v) is 34.5. The summed E-state index contributed by atoms with van der Waals surface area (Å²) in [5.74, 6) is -6.62. The summed E-state index contributed by atoms with van der Waals surface area (Å²) in [7, 11) is 2.94. The molecule has 1 fully saturated rings. The number of fused-ring (bicyclic) bond motifs is 14. The van der Waals surface area contributed by atoms with E-state index in [-0.39, 0.29) is 65.5 Å². The second-order valence-corrected chi connectivity index (χ2v) is 28.2. The van der Waals surface area contributed by atoms with Gasteiger partial charge in [-0.15, -0.1) is 68.0 Å². The minimum Gasteiger partial charge on any atom is -0.481 e. The van der Waals surface area contributed by atoms with Crippen molar-refractivity contribution in [2.45, 2.75) is 90.0 Å². The number of nitrogens with zero attached hydrogens (tertiary/aromatic N) is 8. The van der Waals surface area contributed by atoms with Crippen molar-refractivity contribution in [2.75, 3.05) is 25.6 Å². The van der Waals surface area contributed by atoms with Gasteiger partial charge in [0.1, 0.15) is 71.3 Å². The third-order valence-corrected chi connectivity index (χ3v) is 21.6. The first kappa shape index (κ1) is 65.7. The lowest BCUT2D eigenvalue weighted by Gasteiger charge is -2.30. The Morgan fingerprint density at radius 2 is 1.37 bits per heavy atom. The third-order valence-electron chi connectivity index (χ3n) is 15.8. The van der Waals surface area contributed by atoms with Crippen molar-refractivity contribution in [2.24, 2.45) is 17.8 Å². The van der Waals surface area contributed by atoms with Gasteiger partial charge in [-0.2, -0.15) is 0 Å². The quantitative estimate of drug-likeness (QED) is 0.0564. The number of aliphatic hydroxyl groups excluding tert-OH is 1. The first-order valence-electron chi connectivity index (χ1n) is 29.3. The number of aliphatic carboxylic acids is 1. The Morgan fingerprint density at radius 1 is 0.688 bits per heavy atom. The average molecular weight is 1370 g/mol. The number of carbonyl (C=O) groups is 8. The number of benzene rings is 2. The summed E-state index contributed by atoms with van der Waals surface area (Å²) in [5.41, 5.74) is 2.89. The number of ether oxygens (including phenoxy) is 1. The van der Waals surface area contributed by atoms with Gasteiger partial charge in [0, 0.05) is 64.4 Å². The molecule has 11 rings (SSSR count). The predicted molar refractivity (Wildman–Crippen MR) is 352 cm³/mol. The maximum atomic E-state index is 14.6. The zero-order valence-electron chi connectivity index (χ0n) is 50.4. The standard InChI is InChI=1S/C63H60N12O12S6/c1-29(2)37-21-43(76)48-30(3)92-59(73-48)39(22-46(77)64-4)67-53(80)41-26-88-55(69-41)36-19-20-38(57-71-45(28-91-57)75(35-17-15-34(16-18-35)63(85)86)61(82)32-11-13-33(14-12-32)62(83)84)66-49(36)40-25-89-58(68-40)42-27-90-60(70-42)51(52(79)31-9-7-6-8-10-31)72-47(78)23-65-54(81)50-44(24-87-5)93-56(37)74-50/h6-10,15-20,25-29,32-33,37,39,51-52,79H,11-14,21-24H2,1-5H3,(H,64,77)(H,65,81)(H,67,80)(H,72,78)(H,83,84)(H,85,86)/t32?,33?,37?,39-,51-,52-/m0/s1. The molecule has 10 bridgehead atoms. The third kappa shape index (κ3) is 14.6. The van der Waals surface area contributed by atoms with Crippen molar-refractivity contribution in [3.63, 3.8) is 0 Å². The fraction of sp³-hybridized carbons (Fsp3) is 0.317. The number of aromatic nitrogens is 7. The average Bonchev–Trinajstić information content (AvgIpc) is 1.88. The molecule has 7 aromatic heterocycles. The van der Waals surface area contributed by atoms with Gasteiger partial charge in [0.15, 0.2) is 11.6 Å². The molecule has 7 N–H and O–H groups in total. The molecular formula is C63H60N12O12S6. The van der Waals surface area contributed by atoms with Crippen LogP contribution in [0.4, 0.5) is 11.5 Å². The van der Waals surface area contributed by atoms with Crippen LogP contribution in [0, 0.1) is 24.7 Å². The van der Waals surface area contributed by atoms with Crippen molar-refractivity contribution in [1.82, 2.24) is 56.2 Å². The van der Waals surface area contributed by atoms with E-state index in [2.05, 4.69) is 21.3 Å². The topological polar surface area (TPSA) is 348 Å². The maximum absolute atomic E-state index is 14.6. The van der Waals surface area contributed by atoms with Crippen LogP contribution in [0.3, 0.4) is 0 Å². The molecule has 0 spiro atoms. The van der Waals surface area contributed by atoms with E-state index in [1.54, 1.807) is 70.9 Å². The number of hydrogen-bond acceptors (Lipinski definition) is 23. The number of nitrogens with one attached hydrogen (secondary N) is 4. The molecule has 1 unspecified atom stereocenters. The number of hydrogen-bond donors (Lipinski definition) is 7. The highest BCUT2D eigenvalue weighted by Gasteiger charge is 2.36. The SMILES string of the molecule is CNC(=O)C[C@@H]1NC(=O)c2csc(n2)-c2ccc(-c3nc(N(C(=O)C4CCC(C(=O)O)CC4)c4ccc(C(=O)O)cc4)cs3)nc2-c2csc(n2)-c2csc(n2)[C@H]([C@@H](O)c2ccccc2)NC(=O)CNC(=O)c2nc(sc2COC)C(C(C)C)CC(=O)c2nc1sc2C. The van der Waals surface area contributed by atoms with E-state index in [1.807, 2.05) is 13.8 Å². The Labute approximate surface area is 555 Å². The Morgan fingerprint density at radius 3 is 2.08 bits per heavy atom. The summed E-state index contributed by atoms with van der Waals surface area (Å²) in [6.07, 6.45) is -0.321. The normalized spacial score (nSPS) is 18.4. The predicted octanol–water partition coefficient (Wildman–Crippen LogP) is 10.5. The summed E-state index contributed by atoms with van der Waals surface area (Å²) in [4.78, 5) is 145.